The van der Waals surface area contributed by atoms with Gasteiger partial charge < -0.3 is 20.1 Å². The number of benzene rings is 2. The van der Waals surface area contributed by atoms with Gasteiger partial charge >= 0.3 is 0 Å². The van der Waals surface area contributed by atoms with Crippen molar-refractivity contribution in [3.63, 3.8) is 0 Å². The second-order valence-corrected chi connectivity index (χ2v) is 8.00. The maximum atomic E-state index is 12.8. The highest BCUT2D eigenvalue weighted by molar-refractivity contribution is 7.99. The summed E-state index contributed by atoms with van der Waals surface area (Å²) < 4.78 is 11.2. The third-order valence-electron chi connectivity index (χ3n) is 4.82. The van der Waals surface area contributed by atoms with Crippen LogP contribution in [0.25, 0.3) is 0 Å². The van der Waals surface area contributed by atoms with E-state index in [4.69, 9.17) is 9.47 Å². The Morgan fingerprint density at radius 3 is 2.79 bits per heavy atom. The van der Waals surface area contributed by atoms with Crippen molar-refractivity contribution in [1.82, 2.24) is 5.32 Å². The zero-order valence-corrected chi connectivity index (χ0v) is 16.4. The lowest BCUT2D eigenvalue weighted by Gasteiger charge is -2.20. The van der Waals surface area contributed by atoms with E-state index in [0.717, 1.165) is 23.5 Å². The maximum absolute atomic E-state index is 12.8. The van der Waals surface area contributed by atoms with Crippen molar-refractivity contribution in [3.8, 4) is 11.5 Å². The number of para-hydroxylation sites is 1. The summed E-state index contributed by atoms with van der Waals surface area (Å²) >= 11 is 1.85. The fourth-order valence-corrected chi connectivity index (χ4v) is 4.41. The quantitative estimate of drug-likeness (QED) is 0.827. The van der Waals surface area contributed by atoms with Crippen LogP contribution >= 0.6 is 11.8 Å². The number of nitrogens with one attached hydrogen (secondary N) is 2. The Kier molecular flexibility index (Phi) is 5.43. The molecule has 0 bridgehead atoms. The molecule has 2 heterocycles. The lowest BCUT2D eigenvalue weighted by Crippen LogP contribution is -2.34. The van der Waals surface area contributed by atoms with Crippen LogP contribution in [-0.4, -0.2) is 42.6 Å². The molecule has 6 nitrogen and oxygen atoms in total. The predicted octanol–water partition coefficient (Wildman–Crippen LogP) is 3.25. The van der Waals surface area contributed by atoms with Crippen LogP contribution in [0.2, 0.25) is 0 Å². The van der Waals surface area contributed by atoms with Crippen LogP contribution in [0.15, 0.2) is 36.4 Å². The monoisotopic (exact) mass is 398 g/mol. The molecule has 7 heteroatoms. The Hall–Kier alpha value is -2.67. The Bertz CT molecular complexity index is 909. The number of hydrogen-bond acceptors (Lipinski definition) is 5. The number of aryl methyl sites for hydroxylation is 1. The van der Waals surface area contributed by atoms with Crippen LogP contribution in [0.5, 0.6) is 11.5 Å². The summed E-state index contributed by atoms with van der Waals surface area (Å²) in [6.45, 7) is 2.77. The van der Waals surface area contributed by atoms with E-state index in [1.807, 2.05) is 24.8 Å². The molecule has 0 spiro atoms. The van der Waals surface area contributed by atoms with E-state index in [2.05, 4.69) is 10.6 Å². The molecule has 0 aliphatic carbocycles. The van der Waals surface area contributed by atoms with Gasteiger partial charge in [0.1, 0.15) is 13.2 Å². The average molecular weight is 398 g/mol. The maximum Gasteiger partial charge on any atom is 0.259 e. The van der Waals surface area contributed by atoms with Crippen LogP contribution in [0.1, 0.15) is 32.7 Å². The van der Waals surface area contributed by atoms with Gasteiger partial charge in [0.15, 0.2) is 11.5 Å². The van der Waals surface area contributed by atoms with Gasteiger partial charge in [-0.25, -0.2) is 0 Å². The van der Waals surface area contributed by atoms with E-state index in [9.17, 15) is 9.59 Å². The summed E-state index contributed by atoms with van der Waals surface area (Å²) in [7, 11) is 0. The predicted molar refractivity (Wildman–Crippen MR) is 110 cm³/mol. The van der Waals surface area contributed by atoms with Crippen LogP contribution in [-0.2, 0) is 0 Å². The topological polar surface area (TPSA) is 76.7 Å². The number of anilines is 1. The largest absolute Gasteiger partial charge is 0.486 e. The molecule has 0 saturated carbocycles. The average Bonchev–Trinajstić information content (AvgIpc) is 3.22. The normalized spacial score (nSPS) is 17.8. The third-order valence-corrected chi connectivity index (χ3v) is 5.99. The molecule has 4 rings (SSSR count). The first-order chi connectivity index (χ1) is 13.6. The van der Waals surface area contributed by atoms with Crippen molar-refractivity contribution < 1.29 is 19.1 Å². The van der Waals surface area contributed by atoms with Gasteiger partial charge in [0.05, 0.1) is 5.56 Å². The number of amides is 2. The molecule has 2 amide bonds. The van der Waals surface area contributed by atoms with Gasteiger partial charge in [0, 0.05) is 23.0 Å². The Morgan fingerprint density at radius 1 is 1.11 bits per heavy atom. The van der Waals surface area contributed by atoms with Crippen molar-refractivity contribution in [2.45, 2.75) is 19.4 Å². The van der Waals surface area contributed by atoms with E-state index in [0.29, 0.717) is 41.5 Å². The lowest BCUT2D eigenvalue weighted by atomic mass is 10.1. The first kappa shape index (κ1) is 18.7. The SMILES string of the molecule is Cc1ccc(C(=O)NC2CCSC2)cc1NC(=O)c1cccc2c1OCCO2. The summed E-state index contributed by atoms with van der Waals surface area (Å²) in [5.74, 6) is 2.64. The van der Waals surface area contributed by atoms with Gasteiger partial charge in [0.2, 0.25) is 0 Å². The fraction of sp³-hybridized carbons (Fsp3) is 0.333. The van der Waals surface area contributed by atoms with Gasteiger partial charge in [-0.1, -0.05) is 12.1 Å². The molecule has 2 N–H and O–H groups in total. The summed E-state index contributed by atoms with van der Waals surface area (Å²) in [6, 6.07) is 10.8. The lowest BCUT2D eigenvalue weighted by molar-refractivity contribution is 0.0939. The highest BCUT2D eigenvalue weighted by Gasteiger charge is 2.22. The molecule has 146 valence electrons. The van der Waals surface area contributed by atoms with Gasteiger partial charge in [0.25, 0.3) is 11.8 Å². The molecule has 1 atom stereocenters. The number of carbonyl (C=O) groups is 2. The minimum Gasteiger partial charge on any atom is -0.486 e. The van der Waals surface area contributed by atoms with Crippen LogP contribution in [0, 0.1) is 6.92 Å². The molecule has 1 fully saturated rings. The summed E-state index contributed by atoms with van der Waals surface area (Å²) in [5, 5.41) is 5.97. The number of carbonyl (C=O) groups excluding carboxylic acids is 2. The van der Waals surface area contributed by atoms with Crippen molar-refractivity contribution >= 4 is 29.3 Å². The summed E-state index contributed by atoms with van der Waals surface area (Å²) in [4.78, 5) is 25.4. The number of fused-ring (bicyclic) bond motifs is 1. The van der Waals surface area contributed by atoms with Gasteiger partial charge in [-0.2, -0.15) is 11.8 Å². The van der Waals surface area contributed by atoms with E-state index in [1.165, 1.54) is 0 Å². The Labute approximate surface area is 168 Å². The Balaban J connectivity index is 1.53. The van der Waals surface area contributed by atoms with Crippen LogP contribution < -0.4 is 20.1 Å². The molecule has 0 aromatic heterocycles. The van der Waals surface area contributed by atoms with E-state index in [-0.39, 0.29) is 17.9 Å². The Morgan fingerprint density at radius 2 is 1.96 bits per heavy atom. The standard InChI is InChI=1S/C21H22N2O4S/c1-13-5-6-14(20(24)22-15-7-10-28-12-15)11-17(13)23-21(25)16-3-2-4-18-19(16)27-9-8-26-18/h2-6,11,15H,7-10,12H2,1H3,(H,22,24)(H,23,25). The zero-order chi connectivity index (χ0) is 19.5. The van der Waals surface area contributed by atoms with E-state index < -0.39 is 0 Å². The fourth-order valence-electron chi connectivity index (χ4n) is 3.26. The summed E-state index contributed by atoms with van der Waals surface area (Å²) in [5.41, 5.74) is 2.43. The molecule has 2 aliphatic heterocycles. The number of ether oxygens (including phenoxy) is 2. The zero-order valence-electron chi connectivity index (χ0n) is 15.6. The molecule has 2 aromatic carbocycles. The molecule has 1 unspecified atom stereocenters. The van der Waals surface area contributed by atoms with Crippen molar-refractivity contribution in [2.24, 2.45) is 0 Å². The van der Waals surface area contributed by atoms with E-state index in [1.54, 1.807) is 30.3 Å². The number of thioether (sulfide) groups is 1. The molecule has 2 aromatic rings. The van der Waals surface area contributed by atoms with Crippen molar-refractivity contribution in [3.05, 3.63) is 53.1 Å². The van der Waals surface area contributed by atoms with Crippen molar-refractivity contribution in [1.29, 1.82) is 0 Å². The van der Waals surface area contributed by atoms with Gasteiger partial charge in [-0.3, -0.25) is 9.59 Å². The smallest absolute Gasteiger partial charge is 0.259 e. The molecule has 1 saturated heterocycles. The molecule has 2 aliphatic rings. The third kappa shape index (κ3) is 3.94. The molecule has 28 heavy (non-hydrogen) atoms. The molecule has 0 radical (unpaired) electrons. The highest BCUT2D eigenvalue weighted by Crippen LogP contribution is 2.34. The minimum atomic E-state index is -0.296. The minimum absolute atomic E-state index is 0.114. The number of rotatable bonds is 4. The van der Waals surface area contributed by atoms with Crippen molar-refractivity contribution in [2.75, 3.05) is 30.0 Å². The first-order valence-corrected chi connectivity index (χ1v) is 10.5. The van der Waals surface area contributed by atoms with Gasteiger partial charge in [-0.05, 0) is 48.9 Å². The van der Waals surface area contributed by atoms with Crippen LogP contribution in [0.3, 0.4) is 0 Å². The number of hydrogen-bond donors (Lipinski definition) is 2. The summed E-state index contributed by atoms with van der Waals surface area (Å²) in [6.07, 6.45) is 0.993. The second-order valence-electron chi connectivity index (χ2n) is 6.85. The van der Waals surface area contributed by atoms with Crippen LogP contribution in [0.4, 0.5) is 5.69 Å². The highest BCUT2D eigenvalue weighted by atomic mass is 32.2. The van der Waals surface area contributed by atoms with Gasteiger partial charge in [-0.15, -0.1) is 0 Å². The second kappa shape index (κ2) is 8.14. The van der Waals surface area contributed by atoms with E-state index >= 15 is 0 Å². The molecular weight excluding hydrogens is 376 g/mol. The first-order valence-electron chi connectivity index (χ1n) is 9.31. The molecular formula is C21H22N2O4S.